The minimum Gasteiger partial charge on any atom is -0.394 e. The molecule has 2 heterocycles. The molecule has 2 aromatic heterocycles. The lowest BCUT2D eigenvalue weighted by atomic mass is 10.0. The van der Waals surface area contributed by atoms with Gasteiger partial charge in [-0.05, 0) is 24.5 Å². The number of halogens is 1. The van der Waals surface area contributed by atoms with Crippen molar-refractivity contribution in [3.05, 3.63) is 35.6 Å². The van der Waals surface area contributed by atoms with E-state index in [1.807, 2.05) is 13.8 Å². The van der Waals surface area contributed by atoms with E-state index in [9.17, 15) is 9.90 Å². The van der Waals surface area contributed by atoms with Crippen molar-refractivity contribution < 1.29 is 9.90 Å². The minimum absolute atomic E-state index is 0.108. The molecule has 0 fully saturated rings. The second-order valence-corrected chi connectivity index (χ2v) is 5.97. The summed E-state index contributed by atoms with van der Waals surface area (Å²) >= 11 is 6.06. The minimum atomic E-state index is -0.415. The van der Waals surface area contributed by atoms with E-state index in [0.717, 1.165) is 0 Å². The van der Waals surface area contributed by atoms with Gasteiger partial charge in [0.15, 0.2) is 11.6 Å². The average molecular weight is 338 g/mol. The van der Waals surface area contributed by atoms with Gasteiger partial charge in [0.1, 0.15) is 0 Å². The molecule has 0 saturated heterocycles. The molecular weight excluding hydrogens is 318 g/mol. The van der Waals surface area contributed by atoms with Crippen LogP contribution in [0.2, 0.25) is 5.02 Å². The van der Waals surface area contributed by atoms with E-state index in [1.54, 1.807) is 30.6 Å². The highest BCUT2D eigenvalue weighted by molar-refractivity contribution is 6.32. The Morgan fingerprint density at radius 3 is 2.87 bits per heavy atom. The molecule has 2 aromatic rings. The van der Waals surface area contributed by atoms with E-state index >= 15 is 0 Å². The second-order valence-electron chi connectivity index (χ2n) is 5.56. The Labute approximate surface area is 139 Å². The second kappa shape index (κ2) is 7.94. The molecule has 1 atom stereocenters. The van der Waals surface area contributed by atoms with Crippen molar-refractivity contribution in [1.82, 2.24) is 20.1 Å². The lowest BCUT2D eigenvalue weighted by molar-refractivity contribution is 0.214. The quantitative estimate of drug-likeness (QED) is 0.755. The largest absolute Gasteiger partial charge is 0.394 e. The summed E-state index contributed by atoms with van der Waals surface area (Å²) in [5.74, 6) is 1.22. The van der Waals surface area contributed by atoms with Crippen LogP contribution in [-0.2, 0) is 0 Å². The number of carbonyl (C=O) groups is 1. The molecule has 2 rings (SSSR count). The Morgan fingerprint density at radius 2 is 2.22 bits per heavy atom. The van der Waals surface area contributed by atoms with Crippen molar-refractivity contribution >= 4 is 23.4 Å². The normalized spacial score (nSPS) is 12.2. The van der Waals surface area contributed by atoms with Crippen LogP contribution < -0.4 is 10.6 Å². The van der Waals surface area contributed by atoms with Gasteiger partial charge in [0, 0.05) is 18.5 Å². The van der Waals surface area contributed by atoms with Gasteiger partial charge in [-0.25, -0.2) is 14.5 Å². The number of carbonyl (C=O) groups excluding carboxylic acids is 1. The molecule has 0 aliphatic carbocycles. The average Bonchev–Trinajstić information content (AvgIpc) is 2.94. The third-order valence-corrected chi connectivity index (χ3v) is 3.39. The SMILES string of the molecule is CC(C)CC(CO)NC(=O)Nc1ccn(-c2ncccc2Cl)n1. The molecule has 1 unspecified atom stereocenters. The standard InChI is InChI=1S/C15H20ClN5O2/c1-10(2)8-11(9-22)18-15(23)19-13-5-7-21(20-13)14-12(16)4-3-6-17-14/h3-7,10-11,22H,8-9H2,1-2H3,(H2,18,19,20,23). The third kappa shape index (κ3) is 4.94. The molecule has 0 aliphatic heterocycles. The molecule has 0 saturated carbocycles. The fraction of sp³-hybridized carbons (Fsp3) is 0.400. The van der Waals surface area contributed by atoms with Crippen LogP contribution in [0.25, 0.3) is 5.82 Å². The van der Waals surface area contributed by atoms with Crippen molar-refractivity contribution in [1.29, 1.82) is 0 Å². The summed E-state index contributed by atoms with van der Waals surface area (Å²) in [6.07, 6.45) is 3.96. The van der Waals surface area contributed by atoms with E-state index in [4.69, 9.17) is 11.6 Å². The molecule has 0 radical (unpaired) electrons. The summed E-state index contributed by atoms with van der Waals surface area (Å²) in [6, 6.07) is 4.37. The van der Waals surface area contributed by atoms with Crippen molar-refractivity contribution in [3.63, 3.8) is 0 Å². The number of aliphatic hydroxyl groups is 1. The number of rotatable bonds is 6. The van der Waals surface area contributed by atoms with Crippen LogP contribution >= 0.6 is 11.6 Å². The molecule has 0 aliphatic rings. The summed E-state index contributed by atoms with van der Waals surface area (Å²) in [5, 5.41) is 19.3. The summed E-state index contributed by atoms with van der Waals surface area (Å²) in [7, 11) is 0. The van der Waals surface area contributed by atoms with Gasteiger partial charge in [0.25, 0.3) is 0 Å². The zero-order valence-corrected chi connectivity index (χ0v) is 13.8. The molecule has 0 spiro atoms. The number of aliphatic hydroxyl groups excluding tert-OH is 1. The number of pyridine rings is 1. The molecule has 2 amide bonds. The van der Waals surface area contributed by atoms with Crippen molar-refractivity contribution in [3.8, 4) is 5.82 Å². The van der Waals surface area contributed by atoms with Crippen LogP contribution in [0.15, 0.2) is 30.6 Å². The first-order valence-electron chi connectivity index (χ1n) is 7.34. The number of urea groups is 1. The van der Waals surface area contributed by atoms with Crippen molar-refractivity contribution in [2.45, 2.75) is 26.3 Å². The van der Waals surface area contributed by atoms with Crippen molar-refractivity contribution in [2.75, 3.05) is 11.9 Å². The maximum absolute atomic E-state index is 12.0. The van der Waals surface area contributed by atoms with Crippen LogP contribution in [0.3, 0.4) is 0 Å². The van der Waals surface area contributed by atoms with Crippen molar-refractivity contribution in [2.24, 2.45) is 5.92 Å². The molecule has 8 heteroatoms. The summed E-state index contributed by atoms with van der Waals surface area (Å²) in [5.41, 5.74) is 0. The Hall–Kier alpha value is -2.12. The smallest absolute Gasteiger partial charge is 0.320 e. The van der Waals surface area contributed by atoms with E-state index < -0.39 is 6.03 Å². The number of nitrogens with zero attached hydrogens (tertiary/aromatic N) is 3. The van der Waals surface area contributed by atoms with Gasteiger partial charge in [-0.2, -0.15) is 0 Å². The van der Waals surface area contributed by atoms with Gasteiger partial charge < -0.3 is 10.4 Å². The monoisotopic (exact) mass is 337 g/mol. The number of aromatic nitrogens is 3. The van der Waals surface area contributed by atoms with E-state index in [1.165, 1.54) is 4.68 Å². The number of nitrogens with one attached hydrogen (secondary N) is 2. The van der Waals surface area contributed by atoms with Crippen LogP contribution in [0.5, 0.6) is 0 Å². The number of hydrogen-bond acceptors (Lipinski definition) is 4. The maximum atomic E-state index is 12.0. The molecule has 23 heavy (non-hydrogen) atoms. The molecule has 0 bridgehead atoms. The van der Waals surface area contributed by atoms with Gasteiger partial charge in [-0.3, -0.25) is 5.32 Å². The van der Waals surface area contributed by atoms with Gasteiger partial charge in [-0.15, -0.1) is 5.10 Å². The molecule has 3 N–H and O–H groups in total. The Morgan fingerprint density at radius 1 is 1.43 bits per heavy atom. The molecule has 124 valence electrons. The highest BCUT2D eigenvalue weighted by atomic mass is 35.5. The fourth-order valence-electron chi connectivity index (χ4n) is 2.14. The van der Waals surface area contributed by atoms with E-state index in [-0.39, 0.29) is 12.6 Å². The lowest BCUT2D eigenvalue weighted by Gasteiger charge is -2.18. The maximum Gasteiger partial charge on any atom is 0.320 e. The number of anilines is 1. The summed E-state index contributed by atoms with van der Waals surface area (Å²) in [4.78, 5) is 16.1. The fourth-order valence-corrected chi connectivity index (χ4v) is 2.35. The third-order valence-electron chi connectivity index (χ3n) is 3.10. The first kappa shape index (κ1) is 17.2. The molecule has 7 nitrogen and oxygen atoms in total. The molecular formula is C15H20ClN5O2. The summed E-state index contributed by atoms with van der Waals surface area (Å²) in [6.45, 7) is 3.95. The summed E-state index contributed by atoms with van der Waals surface area (Å²) < 4.78 is 1.48. The number of amides is 2. The number of hydrogen-bond donors (Lipinski definition) is 3. The topological polar surface area (TPSA) is 92.1 Å². The lowest BCUT2D eigenvalue weighted by Crippen LogP contribution is -2.41. The predicted octanol–water partition coefficient (Wildman–Crippen LogP) is 2.45. The van der Waals surface area contributed by atoms with Gasteiger partial charge in [0.2, 0.25) is 0 Å². The van der Waals surface area contributed by atoms with Gasteiger partial charge in [-0.1, -0.05) is 25.4 Å². The first-order chi connectivity index (χ1) is 11.0. The highest BCUT2D eigenvalue weighted by Crippen LogP contribution is 2.17. The van der Waals surface area contributed by atoms with Crippen LogP contribution in [0, 0.1) is 5.92 Å². The Bertz CT molecular complexity index is 659. The van der Waals surface area contributed by atoms with Gasteiger partial charge in [0.05, 0.1) is 17.7 Å². The van der Waals surface area contributed by atoms with Crippen LogP contribution in [0.1, 0.15) is 20.3 Å². The molecule has 0 aromatic carbocycles. The zero-order valence-electron chi connectivity index (χ0n) is 13.0. The van der Waals surface area contributed by atoms with E-state index in [2.05, 4.69) is 20.7 Å². The van der Waals surface area contributed by atoms with Crippen LogP contribution in [-0.4, -0.2) is 38.6 Å². The van der Waals surface area contributed by atoms with Crippen LogP contribution in [0.4, 0.5) is 10.6 Å². The van der Waals surface area contributed by atoms with Gasteiger partial charge >= 0.3 is 6.03 Å². The highest BCUT2D eigenvalue weighted by Gasteiger charge is 2.14. The first-order valence-corrected chi connectivity index (χ1v) is 7.72. The Balaban J connectivity index is 1.99. The Kier molecular flexibility index (Phi) is 5.95. The van der Waals surface area contributed by atoms with E-state index in [0.29, 0.717) is 29.0 Å². The zero-order chi connectivity index (χ0) is 16.8. The predicted molar refractivity (Wildman–Crippen MR) is 88.9 cm³/mol.